The molecule has 286 valence electrons. The van der Waals surface area contributed by atoms with Gasteiger partial charge < -0.3 is 14.5 Å². The average Bonchev–Trinajstić information content (AvgIpc) is 3.85. The molecule has 5 nitrogen and oxygen atoms in total. The summed E-state index contributed by atoms with van der Waals surface area (Å²) in [6, 6.07) is 67.4. The Bertz CT molecular complexity index is 3500. The van der Waals surface area contributed by atoms with Crippen LogP contribution in [0.15, 0.2) is 188 Å². The van der Waals surface area contributed by atoms with E-state index in [1.807, 2.05) is 0 Å². The maximum absolute atomic E-state index is 6.95. The van der Waals surface area contributed by atoms with Gasteiger partial charge in [0.2, 0.25) is 0 Å². The van der Waals surface area contributed by atoms with E-state index in [2.05, 4.69) is 216 Å². The molecule has 12 rings (SSSR count). The molecule has 9 aromatic carbocycles. The Morgan fingerprint density at radius 3 is 1.85 bits per heavy atom. The molecular weight excluding hydrogens is 733 g/mol. The zero-order valence-electron chi connectivity index (χ0n) is 33.4. The van der Waals surface area contributed by atoms with Crippen LogP contribution in [-0.2, 0) is 0 Å². The molecule has 0 spiro atoms. The molecule has 2 aromatic heterocycles. The maximum Gasteiger partial charge on any atom is 0.146 e. The van der Waals surface area contributed by atoms with Gasteiger partial charge in [0.1, 0.15) is 24.0 Å². The van der Waals surface area contributed by atoms with Crippen molar-refractivity contribution in [2.45, 2.75) is 19.8 Å². The molecule has 3 heterocycles. The van der Waals surface area contributed by atoms with Crippen molar-refractivity contribution in [3.63, 3.8) is 0 Å². The summed E-state index contributed by atoms with van der Waals surface area (Å²) in [6.45, 7) is 5.19. The first-order chi connectivity index (χ1) is 29.6. The Kier molecular flexibility index (Phi) is 7.73. The molecule has 60 heavy (non-hydrogen) atoms. The summed E-state index contributed by atoms with van der Waals surface area (Å²) in [5.41, 5.74) is 8.98. The second-order valence-corrected chi connectivity index (χ2v) is 16.2. The van der Waals surface area contributed by atoms with Crippen LogP contribution in [0, 0.1) is 0 Å². The van der Waals surface area contributed by atoms with Crippen LogP contribution in [-0.4, -0.2) is 16.2 Å². The molecule has 11 aromatic rings. The van der Waals surface area contributed by atoms with Crippen molar-refractivity contribution in [3.8, 4) is 17.3 Å². The van der Waals surface area contributed by atoms with Gasteiger partial charge in [0.15, 0.2) is 0 Å². The number of rotatable bonds is 6. The summed E-state index contributed by atoms with van der Waals surface area (Å²) < 4.78 is 9.30. The van der Waals surface area contributed by atoms with Gasteiger partial charge in [-0.25, -0.2) is 4.98 Å². The highest BCUT2D eigenvalue weighted by Crippen LogP contribution is 2.46. The van der Waals surface area contributed by atoms with Crippen molar-refractivity contribution < 1.29 is 4.74 Å². The lowest BCUT2D eigenvalue weighted by atomic mass is 9.95. The first-order valence-corrected chi connectivity index (χ1v) is 20.8. The second-order valence-electron chi connectivity index (χ2n) is 16.2. The lowest BCUT2D eigenvalue weighted by Crippen LogP contribution is -2.24. The minimum absolute atomic E-state index is 0.306. The summed E-state index contributed by atoms with van der Waals surface area (Å²) in [7, 11) is 0. The summed E-state index contributed by atoms with van der Waals surface area (Å²) >= 11 is 0. The smallest absolute Gasteiger partial charge is 0.146 e. The van der Waals surface area contributed by atoms with Crippen LogP contribution in [0.25, 0.3) is 70.8 Å². The van der Waals surface area contributed by atoms with Crippen molar-refractivity contribution in [2.75, 3.05) is 16.5 Å². The Labute approximate surface area is 347 Å². The third kappa shape index (κ3) is 5.36. The Morgan fingerprint density at radius 2 is 1.08 bits per heavy atom. The zero-order valence-corrected chi connectivity index (χ0v) is 33.4. The molecule has 0 fully saturated rings. The van der Waals surface area contributed by atoms with Gasteiger partial charge in [0, 0.05) is 50.4 Å². The van der Waals surface area contributed by atoms with Gasteiger partial charge in [-0.1, -0.05) is 123 Å². The quantitative estimate of drug-likeness (QED) is 0.158. The van der Waals surface area contributed by atoms with Crippen LogP contribution in [0.2, 0.25) is 0 Å². The van der Waals surface area contributed by atoms with E-state index in [-0.39, 0.29) is 0 Å². The van der Waals surface area contributed by atoms with E-state index in [1.54, 1.807) is 0 Å². The van der Waals surface area contributed by atoms with Crippen molar-refractivity contribution in [3.05, 3.63) is 194 Å². The van der Waals surface area contributed by atoms with Gasteiger partial charge in [0.25, 0.3) is 0 Å². The molecular formula is C55H40N4O. The predicted octanol–water partition coefficient (Wildman–Crippen LogP) is 15.0. The van der Waals surface area contributed by atoms with Crippen molar-refractivity contribution in [1.29, 1.82) is 0 Å². The van der Waals surface area contributed by atoms with Crippen molar-refractivity contribution in [1.82, 2.24) is 9.55 Å². The van der Waals surface area contributed by atoms with Crippen molar-refractivity contribution >= 4 is 87.8 Å². The van der Waals surface area contributed by atoms with Crippen LogP contribution in [0.4, 0.5) is 22.7 Å². The topological polar surface area (TPSA) is 33.5 Å². The van der Waals surface area contributed by atoms with E-state index in [0.717, 1.165) is 50.3 Å². The Hall–Kier alpha value is -7.63. The molecule has 0 radical (unpaired) electrons. The third-order valence-electron chi connectivity index (χ3n) is 12.4. The number of aromatic nitrogens is 2. The average molecular weight is 773 g/mol. The summed E-state index contributed by atoms with van der Waals surface area (Å²) in [4.78, 5) is 10.3. The zero-order chi connectivity index (χ0) is 39.9. The summed E-state index contributed by atoms with van der Waals surface area (Å²) in [5.74, 6) is 2.79. The molecule has 1 aliphatic heterocycles. The largest absolute Gasteiger partial charge is 0.457 e. The molecule has 0 saturated carbocycles. The Balaban J connectivity index is 1.03. The number of pyridine rings is 1. The third-order valence-corrected chi connectivity index (χ3v) is 12.4. The van der Waals surface area contributed by atoms with Crippen LogP contribution in [0.3, 0.4) is 0 Å². The summed E-state index contributed by atoms with van der Waals surface area (Å²) in [5, 5.41) is 10.7. The first kappa shape index (κ1) is 34.4. The molecule has 0 amide bonds. The lowest BCUT2D eigenvalue weighted by molar-refractivity contribution is 0.482. The predicted molar refractivity (Wildman–Crippen MR) is 251 cm³/mol. The monoisotopic (exact) mass is 772 g/mol. The minimum Gasteiger partial charge on any atom is -0.457 e. The van der Waals surface area contributed by atoms with Crippen molar-refractivity contribution in [2.24, 2.45) is 0 Å². The molecule has 0 unspecified atom stereocenters. The van der Waals surface area contributed by atoms with Gasteiger partial charge in [-0.15, -0.1) is 0 Å². The highest BCUT2D eigenvalue weighted by molar-refractivity contribution is 6.28. The van der Waals surface area contributed by atoms with Crippen LogP contribution < -0.4 is 14.5 Å². The molecule has 0 aliphatic carbocycles. The normalized spacial score (nSPS) is 12.8. The molecule has 0 N–H and O–H groups in total. The van der Waals surface area contributed by atoms with Crippen LogP contribution in [0.5, 0.6) is 11.5 Å². The number of nitrogens with zero attached hydrogens (tertiary/aromatic N) is 4. The van der Waals surface area contributed by atoms with E-state index in [1.165, 1.54) is 60.3 Å². The number of benzene rings is 9. The fourth-order valence-electron chi connectivity index (χ4n) is 9.48. The van der Waals surface area contributed by atoms with E-state index in [9.17, 15) is 0 Å². The number of ether oxygens (including phenoxy) is 1. The van der Waals surface area contributed by atoms with Crippen LogP contribution >= 0.6 is 0 Å². The second kappa shape index (κ2) is 13.5. The van der Waals surface area contributed by atoms with E-state index >= 15 is 0 Å². The number of hydrogen-bond acceptors (Lipinski definition) is 4. The highest BCUT2D eigenvalue weighted by Gasteiger charge is 2.28. The molecule has 5 heteroatoms. The number of fused-ring (bicyclic) bond motifs is 11. The van der Waals surface area contributed by atoms with Crippen LogP contribution in [0.1, 0.15) is 25.3 Å². The molecule has 0 saturated heterocycles. The maximum atomic E-state index is 6.95. The fourth-order valence-corrected chi connectivity index (χ4v) is 9.48. The van der Waals surface area contributed by atoms with E-state index in [0.29, 0.717) is 12.6 Å². The minimum atomic E-state index is 0.306. The van der Waals surface area contributed by atoms with Gasteiger partial charge in [-0.05, 0) is 99.8 Å². The summed E-state index contributed by atoms with van der Waals surface area (Å²) in [6.07, 6.45) is 0. The standard InChI is InChI=1S/C55H40N4O/c1-35(2)38-30-40(58-34-57(39-16-4-3-5-17-39)50-22-12-13-23-51(50)58)32-42(31-38)60-41-26-28-46-45-20-10-11-21-49(45)59(52(46)33-41)55-47-27-24-36-14-6-8-18-43(36)53(47)54-44-19-9-7-15-37(44)25-29-48(54)56-55/h3-33,35H,34H2,1-2H3. The number of hydrogen-bond donors (Lipinski definition) is 0. The molecule has 0 bridgehead atoms. The van der Waals surface area contributed by atoms with Gasteiger partial charge >= 0.3 is 0 Å². The lowest BCUT2D eigenvalue weighted by Gasteiger charge is -2.24. The van der Waals surface area contributed by atoms with Gasteiger partial charge in [0.05, 0.1) is 27.9 Å². The SMILES string of the molecule is CC(C)c1cc(Oc2ccc3c4ccccc4n(-c4nc5ccc6ccccc6c5c5c4ccc4ccccc45)c3c2)cc(N2CN(c3ccccc3)c3ccccc32)c1. The van der Waals surface area contributed by atoms with Gasteiger partial charge in [-0.2, -0.15) is 0 Å². The van der Waals surface area contributed by atoms with E-state index < -0.39 is 0 Å². The van der Waals surface area contributed by atoms with E-state index in [4.69, 9.17) is 9.72 Å². The Morgan fingerprint density at radius 1 is 0.467 bits per heavy atom. The van der Waals surface area contributed by atoms with Gasteiger partial charge in [-0.3, -0.25) is 4.57 Å². The highest BCUT2D eigenvalue weighted by atomic mass is 16.5. The first-order valence-electron chi connectivity index (χ1n) is 20.8. The number of anilines is 4. The molecule has 1 aliphatic rings. The number of para-hydroxylation sites is 4. The molecule has 0 atom stereocenters. The fraction of sp³-hybridized carbons (Fsp3) is 0.0727.